The van der Waals surface area contributed by atoms with Crippen molar-refractivity contribution >= 4 is 35.8 Å². The summed E-state index contributed by atoms with van der Waals surface area (Å²) >= 11 is 0. The van der Waals surface area contributed by atoms with E-state index in [0.717, 1.165) is 62.7 Å². The molecule has 0 radical (unpaired) electrons. The highest BCUT2D eigenvalue weighted by Crippen LogP contribution is 2.07. The Labute approximate surface area is 186 Å². The van der Waals surface area contributed by atoms with Gasteiger partial charge in [-0.15, -0.1) is 24.0 Å². The van der Waals surface area contributed by atoms with Gasteiger partial charge < -0.3 is 25.2 Å². The van der Waals surface area contributed by atoms with E-state index in [1.54, 1.807) is 33.2 Å². The number of nitrogens with one attached hydrogen (secondary N) is 2. The summed E-state index contributed by atoms with van der Waals surface area (Å²) < 4.78 is 5.07. The molecule has 0 saturated heterocycles. The average molecular weight is 505 g/mol. The number of carbonyl (C=O) groups is 1. The first-order valence-electron chi connectivity index (χ1n) is 9.40. The van der Waals surface area contributed by atoms with E-state index in [2.05, 4.69) is 27.6 Å². The molecule has 28 heavy (non-hydrogen) atoms. The fraction of sp³-hybridized carbons (Fsp3) is 0.600. The number of guanidine groups is 1. The standard InChI is InChI=1S/C20H35N5O2.HI/c1-21-20(23-12-14-25(4)13-7-15-27-5)22-11-10-17-8-6-9-18(16-17)19(26)24(2)3;/h6,8-9,16H,7,10-15H2,1-5H3,(H2,21,22,23);1H. The number of amides is 1. The predicted molar refractivity (Wildman–Crippen MR) is 127 cm³/mol. The Morgan fingerprint density at radius 2 is 1.86 bits per heavy atom. The minimum atomic E-state index is 0. The molecular weight excluding hydrogens is 469 g/mol. The Morgan fingerprint density at radius 3 is 2.50 bits per heavy atom. The van der Waals surface area contributed by atoms with Gasteiger partial charge in [-0.25, -0.2) is 0 Å². The number of nitrogens with zero attached hydrogens (tertiary/aromatic N) is 3. The van der Waals surface area contributed by atoms with Crippen LogP contribution in [0.25, 0.3) is 0 Å². The highest BCUT2D eigenvalue weighted by Gasteiger charge is 2.08. The van der Waals surface area contributed by atoms with E-state index in [0.29, 0.717) is 0 Å². The second-order valence-corrected chi connectivity index (χ2v) is 6.73. The lowest BCUT2D eigenvalue weighted by Gasteiger charge is -2.18. The first kappa shape index (κ1) is 26.6. The number of carbonyl (C=O) groups excluding carboxylic acids is 1. The van der Waals surface area contributed by atoms with Crippen molar-refractivity contribution < 1.29 is 9.53 Å². The van der Waals surface area contributed by atoms with Gasteiger partial charge in [0.2, 0.25) is 0 Å². The highest BCUT2D eigenvalue weighted by molar-refractivity contribution is 14.0. The summed E-state index contributed by atoms with van der Waals surface area (Å²) in [5.41, 5.74) is 1.85. The molecule has 0 fully saturated rings. The van der Waals surface area contributed by atoms with Gasteiger partial charge in [-0.2, -0.15) is 0 Å². The van der Waals surface area contributed by atoms with Crippen molar-refractivity contribution in [2.45, 2.75) is 12.8 Å². The molecule has 160 valence electrons. The Morgan fingerprint density at radius 1 is 1.14 bits per heavy atom. The number of aliphatic imine (C=N–C) groups is 1. The lowest BCUT2D eigenvalue weighted by atomic mass is 10.1. The Hall–Kier alpha value is -1.39. The number of likely N-dealkylation sites (N-methyl/N-ethyl adjacent to an activating group) is 1. The monoisotopic (exact) mass is 505 g/mol. The first-order chi connectivity index (χ1) is 13.0. The summed E-state index contributed by atoms with van der Waals surface area (Å²) in [5, 5.41) is 6.65. The lowest BCUT2D eigenvalue weighted by Crippen LogP contribution is -2.41. The normalized spacial score (nSPS) is 11.1. The zero-order valence-corrected chi connectivity index (χ0v) is 20.2. The van der Waals surface area contributed by atoms with Crippen LogP contribution in [-0.2, 0) is 11.2 Å². The maximum Gasteiger partial charge on any atom is 0.253 e. The lowest BCUT2D eigenvalue weighted by molar-refractivity contribution is 0.0827. The third-order valence-electron chi connectivity index (χ3n) is 4.18. The molecule has 2 N–H and O–H groups in total. The molecule has 1 aromatic rings. The summed E-state index contributed by atoms with van der Waals surface area (Å²) in [6.07, 6.45) is 1.86. The molecule has 8 heteroatoms. The fourth-order valence-corrected chi connectivity index (χ4v) is 2.62. The zero-order chi connectivity index (χ0) is 20.1. The van der Waals surface area contributed by atoms with Crippen molar-refractivity contribution in [3.63, 3.8) is 0 Å². The molecule has 0 aliphatic rings. The van der Waals surface area contributed by atoms with Gasteiger partial charge in [0.1, 0.15) is 0 Å². The summed E-state index contributed by atoms with van der Waals surface area (Å²) in [5.74, 6) is 0.817. The third kappa shape index (κ3) is 10.8. The van der Waals surface area contributed by atoms with Crippen LogP contribution in [0, 0.1) is 0 Å². The minimum Gasteiger partial charge on any atom is -0.385 e. The van der Waals surface area contributed by atoms with Crippen LogP contribution in [0.5, 0.6) is 0 Å². The van der Waals surface area contributed by atoms with Crippen LogP contribution in [0.2, 0.25) is 0 Å². The Balaban J connectivity index is 0.00000729. The van der Waals surface area contributed by atoms with Crippen LogP contribution in [0.15, 0.2) is 29.3 Å². The van der Waals surface area contributed by atoms with Crippen LogP contribution in [0.4, 0.5) is 0 Å². The Bertz CT molecular complexity index is 596. The van der Waals surface area contributed by atoms with Gasteiger partial charge in [0.25, 0.3) is 5.91 Å². The molecule has 1 aromatic carbocycles. The average Bonchev–Trinajstić information content (AvgIpc) is 2.66. The van der Waals surface area contributed by atoms with Gasteiger partial charge in [0.15, 0.2) is 5.96 Å². The minimum absolute atomic E-state index is 0. The smallest absolute Gasteiger partial charge is 0.253 e. The molecule has 0 bridgehead atoms. The van der Waals surface area contributed by atoms with Gasteiger partial charge in [-0.3, -0.25) is 9.79 Å². The number of benzene rings is 1. The van der Waals surface area contributed by atoms with E-state index in [1.807, 2.05) is 24.3 Å². The number of methoxy groups -OCH3 is 1. The molecule has 0 atom stereocenters. The highest BCUT2D eigenvalue weighted by atomic mass is 127. The van der Waals surface area contributed by atoms with Gasteiger partial charge in [-0.05, 0) is 37.6 Å². The van der Waals surface area contributed by atoms with Crippen molar-refractivity contribution in [1.82, 2.24) is 20.4 Å². The summed E-state index contributed by atoms with van der Waals surface area (Å²) in [7, 11) is 9.14. The van der Waals surface area contributed by atoms with Gasteiger partial charge in [0, 0.05) is 66.6 Å². The summed E-state index contributed by atoms with van der Waals surface area (Å²) in [4.78, 5) is 20.2. The molecule has 0 spiro atoms. The molecule has 7 nitrogen and oxygen atoms in total. The largest absolute Gasteiger partial charge is 0.385 e. The molecule has 0 saturated carbocycles. The zero-order valence-electron chi connectivity index (χ0n) is 17.8. The van der Waals surface area contributed by atoms with E-state index in [9.17, 15) is 4.79 Å². The van der Waals surface area contributed by atoms with Crippen LogP contribution < -0.4 is 10.6 Å². The fourth-order valence-electron chi connectivity index (χ4n) is 2.62. The first-order valence-corrected chi connectivity index (χ1v) is 9.40. The van der Waals surface area contributed by atoms with E-state index in [-0.39, 0.29) is 29.9 Å². The van der Waals surface area contributed by atoms with E-state index < -0.39 is 0 Å². The predicted octanol–water partition coefficient (Wildman–Crippen LogP) is 1.68. The number of ether oxygens (including phenoxy) is 1. The van der Waals surface area contributed by atoms with Gasteiger partial charge >= 0.3 is 0 Å². The molecule has 0 unspecified atom stereocenters. The van der Waals surface area contributed by atoms with Crippen molar-refractivity contribution in [3.8, 4) is 0 Å². The van der Waals surface area contributed by atoms with Crippen molar-refractivity contribution in [2.75, 3.05) is 68.1 Å². The molecule has 1 amide bonds. The summed E-state index contributed by atoms with van der Waals surface area (Å²) in [6.45, 7) is 4.34. The molecule has 0 heterocycles. The molecule has 0 aliphatic carbocycles. The van der Waals surface area contributed by atoms with E-state index in [1.165, 1.54) is 0 Å². The molecular formula is C20H36IN5O2. The Kier molecular flexibility index (Phi) is 14.8. The number of hydrogen-bond acceptors (Lipinski definition) is 4. The topological polar surface area (TPSA) is 69.2 Å². The molecule has 0 aliphatic heterocycles. The van der Waals surface area contributed by atoms with Crippen LogP contribution in [-0.4, -0.2) is 89.8 Å². The number of halogens is 1. The maximum atomic E-state index is 12.1. The van der Waals surface area contributed by atoms with E-state index >= 15 is 0 Å². The van der Waals surface area contributed by atoms with Crippen LogP contribution in [0.1, 0.15) is 22.3 Å². The third-order valence-corrected chi connectivity index (χ3v) is 4.18. The molecule has 1 rings (SSSR count). The van der Waals surface area contributed by atoms with Gasteiger partial charge in [-0.1, -0.05) is 12.1 Å². The number of hydrogen-bond donors (Lipinski definition) is 2. The van der Waals surface area contributed by atoms with Crippen molar-refractivity contribution in [3.05, 3.63) is 35.4 Å². The summed E-state index contributed by atoms with van der Waals surface area (Å²) in [6, 6.07) is 7.77. The quantitative estimate of drug-likeness (QED) is 0.207. The van der Waals surface area contributed by atoms with Crippen molar-refractivity contribution in [2.24, 2.45) is 4.99 Å². The van der Waals surface area contributed by atoms with Gasteiger partial charge in [0.05, 0.1) is 0 Å². The van der Waals surface area contributed by atoms with Crippen LogP contribution in [0.3, 0.4) is 0 Å². The second-order valence-electron chi connectivity index (χ2n) is 6.73. The van der Waals surface area contributed by atoms with Crippen LogP contribution >= 0.6 is 24.0 Å². The number of rotatable bonds is 11. The SMILES string of the molecule is CN=C(NCCc1cccc(C(=O)N(C)C)c1)NCCN(C)CCCOC.I. The molecule has 0 aromatic heterocycles. The second kappa shape index (κ2) is 15.5. The van der Waals surface area contributed by atoms with Crippen molar-refractivity contribution in [1.29, 1.82) is 0 Å². The van der Waals surface area contributed by atoms with E-state index in [4.69, 9.17) is 4.74 Å². The maximum absolute atomic E-state index is 12.1.